The summed E-state index contributed by atoms with van der Waals surface area (Å²) in [6.45, 7) is 3.62. The van der Waals surface area contributed by atoms with Crippen LogP contribution in [0.4, 0.5) is 5.95 Å². The molecule has 33 heavy (non-hydrogen) atoms. The number of nitrogens with two attached hydrogens (primary N) is 1. The summed E-state index contributed by atoms with van der Waals surface area (Å²) in [5.41, 5.74) is 6.98. The lowest BCUT2D eigenvalue weighted by Crippen LogP contribution is -2.44. The predicted molar refractivity (Wildman–Crippen MR) is 131 cm³/mol. The molecule has 3 aromatic heterocycles. The highest BCUT2D eigenvalue weighted by molar-refractivity contribution is 7.18. The van der Waals surface area contributed by atoms with Gasteiger partial charge in [0.15, 0.2) is 11.2 Å². The van der Waals surface area contributed by atoms with Gasteiger partial charge in [-0.05, 0) is 31.9 Å². The summed E-state index contributed by atoms with van der Waals surface area (Å²) in [6.07, 6.45) is 1.91. The normalized spacial score (nSPS) is 16.3. The van der Waals surface area contributed by atoms with Gasteiger partial charge in [-0.3, -0.25) is 18.5 Å². The molecule has 4 aromatic rings. The number of anilines is 1. The Morgan fingerprint density at radius 2 is 2.03 bits per heavy atom. The highest BCUT2D eigenvalue weighted by Crippen LogP contribution is 2.24. The van der Waals surface area contributed by atoms with Crippen molar-refractivity contribution in [2.45, 2.75) is 38.9 Å². The van der Waals surface area contributed by atoms with Gasteiger partial charge in [0.1, 0.15) is 5.01 Å². The van der Waals surface area contributed by atoms with Gasteiger partial charge < -0.3 is 10.6 Å². The Morgan fingerprint density at radius 1 is 1.21 bits per heavy atom. The number of para-hydroxylation sites is 1. The second kappa shape index (κ2) is 8.50. The largest absolute Gasteiger partial charge is 0.341 e. The van der Waals surface area contributed by atoms with Crippen LogP contribution < -0.4 is 21.9 Å². The number of thiazole rings is 1. The van der Waals surface area contributed by atoms with Gasteiger partial charge in [-0.2, -0.15) is 4.98 Å². The van der Waals surface area contributed by atoms with Gasteiger partial charge in [-0.15, -0.1) is 17.3 Å². The first-order valence-corrected chi connectivity index (χ1v) is 11.7. The zero-order valence-electron chi connectivity index (χ0n) is 18.6. The van der Waals surface area contributed by atoms with E-state index in [1.165, 1.54) is 20.5 Å². The molecule has 1 fully saturated rings. The lowest BCUT2D eigenvalue weighted by atomic mass is 10.1. The molecular formula is C23H25N7O2S. The fraction of sp³-hybridized carbons (Fsp3) is 0.391. The summed E-state index contributed by atoms with van der Waals surface area (Å²) in [6, 6.07) is 7.82. The van der Waals surface area contributed by atoms with Gasteiger partial charge in [-0.1, -0.05) is 18.1 Å². The van der Waals surface area contributed by atoms with Crippen LogP contribution in [0.25, 0.3) is 21.4 Å². The number of hydrogen-bond donors (Lipinski definition) is 1. The van der Waals surface area contributed by atoms with Crippen molar-refractivity contribution in [3.8, 4) is 11.8 Å². The van der Waals surface area contributed by atoms with E-state index in [0.29, 0.717) is 35.2 Å². The van der Waals surface area contributed by atoms with Crippen molar-refractivity contribution < 1.29 is 0 Å². The summed E-state index contributed by atoms with van der Waals surface area (Å²) < 4.78 is 5.52. The molecule has 10 heteroatoms. The maximum atomic E-state index is 13.6. The smallest absolute Gasteiger partial charge is 0.332 e. The number of aromatic nitrogens is 5. The van der Waals surface area contributed by atoms with Gasteiger partial charge in [0.2, 0.25) is 5.95 Å². The lowest BCUT2D eigenvalue weighted by molar-refractivity contribution is 0.496. The Hall–Kier alpha value is -3.42. The van der Waals surface area contributed by atoms with Gasteiger partial charge in [-0.25, -0.2) is 9.78 Å². The van der Waals surface area contributed by atoms with Crippen molar-refractivity contribution in [3.63, 3.8) is 0 Å². The summed E-state index contributed by atoms with van der Waals surface area (Å²) in [5, 5.41) is 0.705. The van der Waals surface area contributed by atoms with Crippen LogP contribution in [0.15, 0.2) is 33.9 Å². The standard InChI is InChI=1S/C23H25N7O2S/c1-3-4-12-29-19-20(26-22(29)28-11-7-8-15(24)13-28)27(2)23(32)30(21(19)31)14-18-25-16-9-5-6-10-17(16)33-18/h5-6,9-10,15H,7-8,11-14,24H2,1-2H3. The molecule has 0 amide bonds. The van der Waals surface area contributed by atoms with E-state index in [1.54, 1.807) is 14.0 Å². The molecule has 0 spiro atoms. The molecular weight excluding hydrogens is 438 g/mol. The number of rotatable bonds is 4. The first-order chi connectivity index (χ1) is 16.0. The number of nitrogens with zero attached hydrogens (tertiary/aromatic N) is 6. The average molecular weight is 464 g/mol. The topological polar surface area (TPSA) is 104 Å². The van der Waals surface area contributed by atoms with E-state index < -0.39 is 5.69 Å². The third-order valence-electron chi connectivity index (χ3n) is 6.00. The zero-order valence-corrected chi connectivity index (χ0v) is 19.4. The highest BCUT2D eigenvalue weighted by atomic mass is 32.1. The highest BCUT2D eigenvalue weighted by Gasteiger charge is 2.26. The molecule has 170 valence electrons. The molecule has 9 nitrogen and oxygen atoms in total. The Labute approximate surface area is 194 Å². The molecule has 4 heterocycles. The summed E-state index contributed by atoms with van der Waals surface area (Å²) in [5.74, 6) is 6.58. The van der Waals surface area contributed by atoms with Crippen LogP contribution in [0.1, 0.15) is 24.8 Å². The SMILES string of the molecule is CC#CCn1c(N2CCCC(N)C2)nc2c1c(=O)n(Cc1nc3ccccc3s1)c(=O)n2C. The van der Waals surface area contributed by atoms with Crippen molar-refractivity contribution in [3.05, 3.63) is 50.1 Å². The van der Waals surface area contributed by atoms with Crippen LogP contribution >= 0.6 is 11.3 Å². The molecule has 1 aliphatic rings. The van der Waals surface area contributed by atoms with Crippen LogP contribution in [0, 0.1) is 11.8 Å². The van der Waals surface area contributed by atoms with E-state index >= 15 is 0 Å². The maximum absolute atomic E-state index is 13.6. The minimum absolute atomic E-state index is 0.0452. The Balaban J connectivity index is 1.68. The molecule has 0 saturated carbocycles. The van der Waals surface area contributed by atoms with Gasteiger partial charge in [0.25, 0.3) is 5.56 Å². The van der Waals surface area contributed by atoms with Crippen molar-refractivity contribution in [2.75, 3.05) is 18.0 Å². The first kappa shape index (κ1) is 21.4. The fourth-order valence-electron chi connectivity index (χ4n) is 4.36. The number of piperidine rings is 1. The van der Waals surface area contributed by atoms with Crippen LogP contribution in [0.3, 0.4) is 0 Å². The third-order valence-corrected chi connectivity index (χ3v) is 7.02. The van der Waals surface area contributed by atoms with Crippen molar-refractivity contribution >= 4 is 38.7 Å². The summed E-state index contributed by atoms with van der Waals surface area (Å²) >= 11 is 1.48. The number of hydrogen-bond acceptors (Lipinski definition) is 7. The predicted octanol–water partition coefficient (Wildman–Crippen LogP) is 1.51. The van der Waals surface area contributed by atoms with E-state index in [2.05, 4.69) is 21.7 Å². The molecule has 1 unspecified atom stereocenters. The molecule has 2 N–H and O–H groups in total. The fourth-order valence-corrected chi connectivity index (χ4v) is 5.32. The van der Waals surface area contributed by atoms with Crippen molar-refractivity contribution in [1.82, 2.24) is 23.7 Å². The number of fused-ring (bicyclic) bond motifs is 2. The van der Waals surface area contributed by atoms with E-state index in [1.807, 2.05) is 28.8 Å². The monoisotopic (exact) mass is 463 g/mol. The molecule has 0 bridgehead atoms. The Bertz CT molecular complexity index is 1500. The quantitative estimate of drug-likeness (QED) is 0.460. The molecule has 0 aliphatic carbocycles. The molecule has 1 aliphatic heterocycles. The van der Waals surface area contributed by atoms with E-state index in [4.69, 9.17) is 10.7 Å². The van der Waals surface area contributed by atoms with E-state index in [-0.39, 0.29) is 18.1 Å². The van der Waals surface area contributed by atoms with E-state index in [0.717, 1.165) is 29.6 Å². The zero-order chi connectivity index (χ0) is 23.1. The molecule has 1 aromatic carbocycles. The van der Waals surface area contributed by atoms with Gasteiger partial charge in [0, 0.05) is 26.2 Å². The van der Waals surface area contributed by atoms with Crippen LogP contribution in [-0.2, 0) is 20.1 Å². The molecule has 1 saturated heterocycles. The van der Waals surface area contributed by atoms with Crippen molar-refractivity contribution in [2.24, 2.45) is 12.8 Å². The van der Waals surface area contributed by atoms with Crippen LogP contribution in [0.5, 0.6) is 0 Å². The molecule has 1 atom stereocenters. The lowest BCUT2D eigenvalue weighted by Gasteiger charge is -2.31. The minimum Gasteiger partial charge on any atom is -0.341 e. The molecule has 5 rings (SSSR count). The van der Waals surface area contributed by atoms with Crippen LogP contribution in [-0.4, -0.2) is 42.8 Å². The maximum Gasteiger partial charge on any atom is 0.332 e. The Kier molecular flexibility index (Phi) is 5.52. The summed E-state index contributed by atoms with van der Waals surface area (Å²) in [7, 11) is 1.65. The number of imidazole rings is 1. The second-order valence-electron chi connectivity index (χ2n) is 8.25. The average Bonchev–Trinajstić information content (AvgIpc) is 3.40. The molecule has 0 radical (unpaired) electrons. The van der Waals surface area contributed by atoms with Crippen molar-refractivity contribution in [1.29, 1.82) is 0 Å². The van der Waals surface area contributed by atoms with Gasteiger partial charge >= 0.3 is 5.69 Å². The number of benzene rings is 1. The first-order valence-electron chi connectivity index (χ1n) is 10.9. The second-order valence-corrected chi connectivity index (χ2v) is 9.37. The van der Waals surface area contributed by atoms with Gasteiger partial charge in [0.05, 0.1) is 23.3 Å². The summed E-state index contributed by atoms with van der Waals surface area (Å²) in [4.78, 5) is 38.2. The van der Waals surface area contributed by atoms with E-state index in [9.17, 15) is 9.59 Å². The Morgan fingerprint density at radius 3 is 2.79 bits per heavy atom. The number of aryl methyl sites for hydroxylation is 1. The minimum atomic E-state index is -0.417. The third kappa shape index (κ3) is 3.73. The van der Waals surface area contributed by atoms with Crippen LogP contribution in [0.2, 0.25) is 0 Å².